The van der Waals surface area contributed by atoms with Crippen molar-refractivity contribution in [1.29, 1.82) is 0 Å². The summed E-state index contributed by atoms with van der Waals surface area (Å²) in [6.45, 7) is 3.69. The molecule has 2 aromatic carbocycles. The summed E-state index contributed by atoms with van der Waals surface area (Å²) < 4.78 is 24.8. The molecule has 1 atom stereocenters. The van der Waals surface area contributed by atoms with Crippen LogP contribution in [0.15, 0.2) is 60.9 Å². The number of hydrogen-bond acceptors (Lipinski definition) is 7. The average Bonchev–Trinajstić information content (AvgIpc) is 3.27. The van der Waals surface area contributed by atoms with Gasteiger partial charge in [0.15, 0.2) is 11.5 Å². The maximum Gasteiger partial charge on any atom is 0.161 e. The highest BCUT2D eigenvalue weighted by molar-refractivity contribution is 6.30. The molecule has 1 aliphatic heterocycles. The van der Waals surface area contributed by atoms with Gasteiger partial charge in [-0.1, -0.05) is 23.7 Å². The van der Waals surface area contributed by atoms with Gasteiger partial charge in [-0.3, -0.25) is 9.58 Å². The van der Waals surface area contributed by atoms with Crippen molar-refractivity contribution >= 4 is 11.6 Å². The number of ether oxygens (including phenoxy) is 4. The van der Waals surface area contributed by atoms with Crippen molar-refractivity contribution in [1.82, 2.24) is 14.7 Å². The summed E-state index contributed by atoms with van der Waals surface area (Å²) in [4.78, 5) is 2.16. The van der Waals surface area contributed by atoms with Crippen molar-refractivity contribution in [3.63, 3.8) is 0 Å². The maximum atomic E-state index is 11.2. The van der Waals surface area contributed by atoms with Crippen molar-refractivity contribution in [2.45, 2.75) is 18.7 Å². The molecule has 182 valence electrons. The van der Waals surface area contributed by atoms with Crippen LogP contribution >= 0.6 is 11.6 Å². The first kappa shape index (κ1) is 24.3. The van der Waals surface area contributed by atoms with Crippen LogP contribution in [0.1, 0.15) is 5.56 Å². The van der Waals surface area contributed by atoms with Gasteiger partial charge in [-0.15, -0.1) is 0 Å². The van der Waals surface area contributed by atoms with Crippen LogP contribution in [0.2, 0.25) is 5.02 Å². The van der Waals surface area contributed by atoms with Gasteiger partial charge in [0.25, 0.3) is 0 Å². The van der Waals surface area contributed by atoms with Crippen LogP contribution in [0.3, 0.4) is 0 Å². The Balaban J connectivity index is 1.38. The largest absolute Gasteiger partial charge is 0.493 e. The van der Waals surface area contributed by atoms with Crippen molar-refractivity contribution < 1.29 is 24.1 Å². The highest BCUT2D eigenvalue weighted by Crippen LogP contribution is 2.29. The SMILES string of the molecule is COc1ccc(CN2CCOCC(O)(COc3cccc(Cl)c3)C2)cc1OCCn1cccn1. The lowest BCUT2D eigenvalue weighted by atomic mass is 10.1. The Morgan fingerprint density at radius 3 is 2.85 bits per heavy atom. The minimum absolute atomic E-state index is 0.105. The zero-order valence-electron chi connectivity index (χ0n) is 19.2. The van der Waals surface area contributed by atoms with Crippen LogP contribution in [0, 0.1) is 0 Å². The second-order valence-corrected chi connectivity index (χ2v) is 8.77. The Kier molecular flexibility index (Phi) is 8.29. The van der Waals surface area contributed by atoms with E-state index in [1.165, 1.54) is 0 Å². The predicted molar refractivity (Wildman–Crippen MR) is 129 cm³/mol. The van der Waals surface area contributed by atoms with Crippen LogP contribution in [0.25, 0.3) is 0 Å². The van der Waals surface area contributed by atoms with E-state index in [0.29, 0.717) is 61.7 Å². The molecule has 0 aliphatic carbocycles. The molecule has 1 aromatic heterocycles. The first-order valence-electron chi connectivity index (χ1n) is 11.2. The topological polar surface area (TPSA) is 78.2 Å². The quantitative estimate of drug-likeness (QED) is 0.470. The van der Waals surface area contributed by atoms with E-state index in [4.69, 9.17) is 30.5 Å². The van der Waals surface area contributed by atoms with Crippen molar-refractivity contribution in [2.75, 3.05) is 46.6 Å². The summed E-state index contributed by atoms with van der Waals surface area (Å²) >= 11 is 6.03. The molecule has 2 heterocycles. The number of halogens is 1. The molecule has 0 amide bonds. The third-order valence-corrected chi connectivity index (χ3v) is 5.75. The minimum atomic E-state index is -1.14. The molecule has 0 saturated carbocycles. The summed E-state index contributed by atoms with van der Waals surface area (Å²) in [5.74, 6) is 1.97. The number of benzene rings is 2. The second-order valence-electron chi connectivity index (χ2n) is 8.34. The Morgan fingerprint density at radius 1 is 1.15 bits per heavy atom. The van der Waals surface area contributed by atoms with E-state index in [2.05, 4.69) is 10.00 Å². The van der Waals surface area contributed by atoms with Gasteiger partial charge in [-0.25, -0.2) is 0 Å². The second kappa shape index (κ2) is 11.6. The van der Waals surface area contributed by atoms with E-state index in [-0.39, 0.29) is 13.2 Å². The predicted octanol–water partition coefficient (Wildman–Crippen LogP) is 3.27. The Morgan fingerprint density at radius 2 is 2.06 bits per heavy atom. The number of aliphatic hydroxyl groups is 1. The summed E-state index contributed by atoms with van der Waals surface area (Å²) in [6, 6.07) is 14.9. The standard InChI is InChI=1S/C25H30ClN3O5/c1-31-23-7-6-20(14-24(23)33-13-11-29-9-3-8-27-29)16-28-10-12-32-18-25(30,17-28)19-34-22-5-2-4-21(26)15-22/h2-9,14-15,30H,10-13,16-19H2,1H3. The fourth-order valence-corrected chi connectivity index (χ4v) is 4.05. The third-order valence-electron chi connectivity index (χ3n) is 5.52. The Labute approximate surface area is 204 Å². The monoisotopic (exact) mass is 487 g/mol. The van der Waals surface area contributed by atoms with Gasteiger partial charge in [0.2, 0.25) is 0 Å². The van der Waals surface area contributed by atoms with Gasteiger partial charge >= 0.3 is 0 Å². The van der Waals surface area contributed by atoms with Crippen molar-refractivity contribution in [3.05, 3.63) is 71.5 Å². The molecule has 34 heavy (non-hydrogen) atoms. The van der Waals surface area contributed by atoms with Gasteiger partial charge in [0.05, 0.1) is 26.9 Å². The Hall–Kier alpha value is -2.78. The molecule has 1 aliphatic rings. The molecule has 0 spiro atoms. The van der Waals surface area contributed by atoms with Crippen LogP contribution in [0.5, 0.6) is 17.2 Å². The third kappa shape index (κ3) is 6.87. The molecule has 4 rings (SSSR count). The summed E-state index contributed by atoms with van der Waals surface area (Å²) in [6.07, 6.45) is 3.64. The zero-order valence-corrected chi connectivity index (χ0v) is 20.0. The van der Waals surface area contributed by atoms with Gasteiger partial charge in [-0.05, 0) is 42.0 Å². The number of aromatic nitrogens is 2. The zero-order chi connectivity index (χ0) is 23.8. The molecule has 1 N–H and O–H groups in total. The van der Waals surface area contributed by atoms with Crippen LogP contribution in [0.4, 0.5) is 0 Å². The lowest BCUT2D eigenvalue weighted by Crippen LogP contribution is -2.48. The molecule has 8 nitrogen and oxygen atoms in total. The van der Waals surface area contributed by atoms with Crippen LogP contribution < -0.4 is 14.2 Å². The molecule has 9 heteroatoms. The number of methoxy groups -OCH3 is 1. The van der Waals surface area contributed by atoms with Gasteiger partial charge in [0, 0.05) is 37.1 Å². The number of hydrogen-bond donors (Lipinski definition) is 1. The average molecular weight is 488 g/mol. The minimum Gasteiger partial charge on any atom is -0.493 e. The Bertz CT molecular complexity index is 1050. The van der Waals surface area contributed by atoms with E-state index >= 15 is 0 Å². The molecular formula is C25H30ClN3O5. The van der Waals surface area contributed by atoms with E-state index in [1.54, 1.807) is 25.4 Å². The summed E-state index contributed by atoms with van der Waals surface area (Å²) in [7, 11) is 1.63. The normalized spacial score (nSPS) is 18.9. The lowest BCUT2D eigenvalue weighted by molar-refractivity contribution is -0.0646. The highest BCUT2D eigenvalue weighted by atomic mass is 35.5. The first-order valence-corrected chi connectivity index (χ1v) is 11.6. The first-order chi connectivity index (χ1) is 16.5. The van der Waals surface area contributed by atoms with E-state index < -0.39 is 5.60 Å². The van der Waals surface area contributed by atoms with Gasteiger partial charge in [0.1, 0.15) is 24.6 Å². The molecule has 0 radical (unpaired) electrons. The molecule has 0 bridgehead atoms. The van der Waals surface area contributed by atoms with Crippen molar-refractivity contribution in [3.8, 4) is 17.2 Å². The molecule has 1 saturated heterocycles. The van der Waals surface area contributed by atoms with E-state index in [9.17, 15) is 5.11 Å². The molecule has 1 unspecified atom stereocenters. The fourth-order valence-electron chi connectivity index (χ4n) is 3.87. The summed E-state index contributed by atoms with van der Waals surface area (Å²) in [5, 5.41) is 16.0. The lowest BCUT2D eigenvalue weighted by Gasteiger charge is -2.30. The summed E-state index contributed by atoms with van der Waals surface area (Å²) in [5.41, 5.74) is -0.0936. The van der Waals surface area contributed by atoms with Crippen molar-refractivity contribution in [2.24, 2.45) is 0 Å². The van der Waals surface area contributed by atoms with E-state index in [0.717, 1.165) is 5.56 Å². The van der Waals surface area contributed by atoms with E-state index in [1.807, 2.05) is 47.3 Å². The highest BCUT2D eigenvalue weighted by Gasteiger charge is 2.33. The fraction of sp³-hybridized carbons (Fsp3) is 0.400. The van der Waals surface area contributed by atoms with Crippen LogP contribution in [-0.4, -0.2) is 72.0 Å². The maximum absolute atomic E-state index is 11.2. The number of β-amino-alcohol motifs (C(OH)–C–C–N with tert-alkyl or cyclic N) is 1. The molecular weight excluding hydrogens is 458 g/mol. The smallest absolute Gasteiger partial charge is 0.161 e. The number of nitrogens with zero attached hydrogens (tertiary/aromatic N) is 3. The number of rotatable bonds is 10. The van der Waals surface area contributed by atoms with Gasteiger partial charge < -0.3 is 24.1 Å². The molecule has 3 aromatic rings. The van der Waals surface area contributed by atoms with Crippen LogP contribution in [-0.2, 0) is 17.8 Å². The molecule has 1 fully saturated rings. The van der Waals surface area contributed by atoms with Gasteiger partial charge in [-0.2, -0.15) is 5.10 Å².